The zero-order valence-electron chi connectivity index (χ0n) is 15.5. The minimum atomic E-state index is 0. The Morgan fingerprint density at radius 1 is 0.538 bits per heavy atom. The number of quaternary nitrogens is 1. The molecule has 0 fully saturated rings. The van der Waals surface area contributed by atoms with Crippen molar-refractivity contribution in [2.45, 2.75) is 32.6 Å². The molecule has 136 valence electrons. The van der Waals surface area contributed by atoms with Crippen LogP contribution in [0.2, 0.25) is 0 Å². The lowest BCUT2D eigenvalue weighted by Crippen LogP contribution is -3.00. The van der Waals surface area contributed by atoms with Gasteiger partial charge >= 0.3 is 0 Å². The van der Waals surface area contributed by atoms with E-state index < -0.39 is 0 Å². The van der Waals surface area contributed by atoms with Gasteiger partial charge in [0.2, 0.25) is 0 Å². The molecule has 0 saturated carbocycles. The summed E-state index contributed by atoms with van der Waals surface area (Å²) >= 11 is 0. The summed E-state index contributed by atoms with van der Waals surface area (Å²) in [6, 6.07) is 32.8. The molecule has 1 nitrogen and oxygen atoms in total. The monoisotopic (exact) mass is 365 g/mol. The molecule has 0 saturated heterocycles. The molecule has 3 aromatic carbocycles. The second kappa shape index (κ2) is 10.2. The van der Waals surface area contributed by atoms with E-state index in [1.165, 1.54) is 42.7 Å². The van der Waals surface area contributed by atoms with E-state index in [9.17, 15) is 0 Å². The number of para-hydroxylation sites is 3. The Morgan fingerprint density at radius 2 is 0.923 bits per heavy atom. The molecule has 0 amide bonds. The predicted octanol–water partition coefficient (Wildman–Crippen LogP) is 4.24. The normalized spacial score (nSPS) is 11.0. The van der Waals surface area contributed by atoms with Crippen LogP contribution in [0.15, 0.2) is 91.0 Å². The van der Waals surface area contributed by atoms with Gasteiger partial charge in [-0.1, -0.05) is 74.4 Å². The summed E-state index contributed by atoms with van der Waals surface area (Å²) in [5, 5.41) is 0. The Bertz CT molecular complexity index is 644. The summed E-state index contributed by atoms with van der Waals surface area (Å²) < 4.78 is 0.784. The zero-order chi connectivity index (χ0) is 17.4. The molecule has 0 atom stereocenters. The molecule has 0 aromatic heterocycles. The summed E-state index contributed by atoms with van der Waals surface area (Å²) in [6.07, 6.45) is 5.07. The molecular formula is C24H28ClN. The molecule has 0 aliphatic rings. The molecule has 0 aliphatic carbocycles. The number of hydrogen-bond acceptors (Lipinski definition) is 0. The molecule has 3 aromatic rings. The smallest absolute Gasteiger partial charge is 0.143 e. The van der Waals surface area contributed by atoms with Crippen LogP contribution in [0.1, 0.15) is 32.6 Å². The number of nitrogens with zero attached hydrogens (tertiary/aromatic N) is 1. The first-order chi connectivity index (χ1) is 12.4. The van der Waals surface area contributed by atoms with Crippen molar-refractivity contribution in [1.82, 2.24) is 4.48 Å². The summed E-state index contributed by atoms with van der Waals surface area (Å²) in [7, 11) is 0. The third kappa shape index (κ3) is 4.35. The molecule has 0 spiro atoms. The summed E-state index contributed by atoms with van der Waals surface area (Å²) in [5.74, 6) is 0. The number of benzene rings is 3. The standard InChI is InChI=1S/C24H28N.ClH/c1-2-3-4-14-21-25(22-15-8-5-9-16-22,23-17-10-6-11-18-23)24-19-12-7-13-20-24;/h5-13,15-20H,2-4,14,21H2,1H3;1H/q+1;/p-1. The molecule has 0 radical (unpaired) electrons. The number of hydrogen-bond donors (Lipinski definition) is 0. The van der Waals surface area contributed by atoms with Gasteiger partial charge in [-0.3, -0.25) is 0 Å². The molecular weight excluding hydrogens is 338 g/mol. The van der Waals surface area contributed by atoms with Crippen LogP contribution in [0.4, 0.5) is 17.1 Å². The van der Waals surface area contributed by atoms with Crippen molar-refractivity contribution >= 4 is 17.1 Å². The van der Waals surface area contributed by atoms with E-state index in [0.29, 0.717) is 0 Å². The van der Waals surface area contributed by atoms with Crippen LogP contribution in [-0.4, -0.2) is 6.54 Å². The fraction of sp³-hybridized carbons (Fsp3) is 0.250. The van der Waals surface area contributed by atoms with E-state index >= 15 is 0 Å². The van der Waals surface area contributed by atoms with Crippen molar-refractivity contribution in [2.24, 2.45) is 0 Å². The highest BCUT2D eigenvalue weighted by atomic mass is 35.5. The average molecular weight is 366 g/mol. The Kier molecular flexibility index (Phi) is 7.90. The lowest BCUT2D eigenvalue weighted by molar-refractivity contribution is -0.00000503. The Hall–Kier alpha value is -2.09. The predicted molar refractivity (Wildman–Crippen MR) is 109 cm³/mol. The van der Waals surface area contributed by atoms with Crippen LogP contribution < -0.4 is 16.9 Å². The summed E-state index contributed by atoms with van der Waals surface area (Å²) in [5.41, 5.74) is 3.99. The first-order valence-electron chi connectivity index (χ1n) is 9.43. The van der Waals surface area contributed by atoms with Crippen LogP contribution in [-0.2, 0) is 0 Å². The van der Waals surface area contributed by atoms with Crippen LogP contribution >= 0.6 is 0 Å². The largest absolute Gasteiger partial charge is 1.00 e. The van der Waals surface area contributed by atoms with E-state index in [1.807, 2.05) is 0 Å². The highest BCUT2D eigenvalue weighted by Crippen LogP contribution is 2.43. The van der Waals surface area contributed by atoms with Crippen LogP contribution in [0.3, 0.4) is 0 Å². The third-order valence-electron chi connectivity index (χ3n) is 4.94. The van der Waals surface area contributed by atoms with Crippen molar-refractivity contribution in [2.75, 3.05) is 6.54 Å². The maximum absolute atomic E-state index is 2.27. The van der Waals surface area contributed by atoms with Gasteiger partial charge in [-0.05, 0) is 49.2 Å². The van der Waals surface area contributed by atoms with E-state index in [4.69, 9.17) is 0 Å². The van der Waals surface area contributed by atoms with Gasteiger partial charge in [0.15, 0.2) is 0 Å². The SMILES string of the molecule is CCCCCC[N+](c1ccccc1)(c1ccccc1)c1ccccc1.[Cl-]. The third-order valence-corrected chi connectivity index (χ3v) is 4.94. The van der Waals surface area contributed by atoms with E-state index in [1.54, 1.807) is 0 Å². The maximum Gasteiger partial charge on any atom is 0.143 e. The summed E-state index contributed by atoms with van der Waals surface area (Å²) in [6.45, 7) is 3.35. The minimum absolute atomic E-state index is 0. The van der Waals surface area contributed by atoms with Crippen molar-refractivity contribution in [3.8, 4) is 0 Å². The Morgan fingerprint density at radius 3 is 1.27 bits per heavy atom. The number of unbranched alkanes of at least 4 members (excludes halogenated alkanes) is 3. The average Bonchev–Trinajstić information content (AvgIpc) is 2.70. The second-order valence-electron chi connectivity index (χ2n) is 6.60. The number of rotatable bonds is 8. The molecule has 0 unspecified atom stereocenters. The van der Waals surface area contributed by atoms with Crippen LogP contribution in [0.25, 0.3) is 0 Å². The van der Waals surface area contributed by atoms with E-state index in [0.717, 1.165) is 11.0 Å². The van der Waals surface area contributed by atoms with Crippen LogP contribution in [0.5, 0.6) is 0 Å². The van der Waals surface area contributed by atoms with Gasteiger partial charge in [-0.15, -0.1) is 0 Å². The molecule has 0 aliphatic heterocycles. The molecule has 2 heteroatoms. The molecule has 0 heterocycles. The van der Waals surface area contributed by atoms with Crippen LogP contribution in [0, 0.1) is 0 Å². The minimum Gasteiger partial charge on any atom is -1.00 e. The lowest BCUT2D eigenvalue weighted by Gasteiger charge is -2.37. The fourth-order valence-corrected chi connectivity index (χ4v) is 3.66. The van der Waals surface area contributed by atoms with Gasteiger partial charge in [0.1, 0.15) is 17.1 Å². The summed E-state index contributed by atoms with van der Waals surface area (Å²) in [4.78, 5) is 0. The van der Waals surface area contributed by atoms with Crippen molar-refractivity contribution in [3.63, 3.8) is 0 Å². The highest BCUT2D eigenvalue weighted by Gasteiger charge is 2.35. The highest BCUT2D eigenvalue weighted by molar-refractivity contribution is 5.70. The van der Waals surface area contributed by atoms with Gasteiger partial charge in [-0.2, -0.15) is 0 Å². The van der Waals surface area contributed by atoms with Gasteiger partial charge in [0, 0.05) is 0 Å². The lowest BCUT2D eigenvalue weighted by atomic mass is 10.1. The maximum atomic E-state index is 2.27. The van der Waals surface area contributed by atoms with E-state index in [2.05, 4.69) is 97.9 Å². The first-order valence-corrected chi connectivity index (χ1v) is 9.43. The fourth-order valence-electron chi connectivity index (χ4n) is 3.66. The topological polar surface area (TPSA) is 0 Å². The quantitative estimate of drug-likeness (QED) is 0.413. The van der Waals surface area contributed by atoms with Crippen molar-refractivity contribution in [1.29, 1.82) is 0 Å². The van der Waals surface area contributed by atoms with Crippen molar-refractivity contribution in [3.05, 3.63) is 91.0 Å². The Labute approximate surface area is 164 Å². The molecule has 3 rings (SSSR count). The van der Waals surface area contributed by atoms with E-state index in [-0.39, 0.29) is 12.4 Å². The van der Waals surface area contributed by atoms with Gasteiger partial charge in [-0.25, -0.2) is 4.48 Å². The van der Waals surface area contributed by atoms with Crippen molar-refractivity contribution < 1.29 is 12.4 Å². The first kappa shape index (κ1) is 20.2. The van der Waals surface area contributed by atoms with Gasteiger partial charge < -0.3 is 12.4 Å². The number of halogens is 1. The van der Waals surface area contributed by atoms with Gasteiger partial charge in [0.05, 0.1) is 6.54 Å². The second-order valence-corrected chi connectivity index (χ2v) is 6.60. The zero-order valence-corrected chi connectivity index (χ0v) is 16.3. The Balaban J connectivity index is 0.00000243. The molecule has 26 heavy (non-hydrogen) atoms. The molecule has 0 bridgehead atoms. The van der Waals surface area contributed by atoms with Gasteiger partial charge in [0.25, 0.3) is 0 Å². The molecule has 0 N–H and O–H groups in total.